The fraction of sp³-hybridized carbons (Fsp3) is 0.200. The molecule has 2 heterocycles. The van der Waals surface area contributed by atoms with Crippen LogP contribution in [0.5, 0.6) is 0 Å². The van der Waals surface area contributed by atoms with E-state index in [-0.39, 0.29) is 12.3 Å². The number of rotatable bonds is 5. The SMILES string of the molecule is N#CC[C@]1(n2ncc(-c3cc(-c4cccc(C(N)=O)c4)cc4ncccc34)n2)C[C@H](C#N)C1. The van der Waals surface area contributed by atoms with Crippen LogP contribution in [-0.4, -0.2) is 25.9 Å². The van der Waals surface area contributed by atoms with Gasteiger partial charge in [-0.05, 0) is 54.3 Å². The number of nitrogens with zero attached hydrogens (tertiary/aromatic N) is 6. The monoisotopic (exact) mass is 433 g/mol. The highest BCUT2D eigenvalue weighted by molar-refractivity contribution is 5.98. The van der Waals surface area contributed by atoms with E-state index in [1.807, 2.05) is 30.3 Å². The van der Waals surface area contributed by atoms with Crippen molar-refractivity contribution in [2.45, 2.75) is 24.8 Å². The Morgan fingerprint density at radius 3 is 2.76 bits per heavy atom. The van der Waals surface area contributed by atoms with Gasteiger partial charge in [-0.1, -0.05) is 18.2 Å². The molecule has 0 saturated heterocycles. The Morgan fingerprint density at radius 2 is 2.00 bits per heavy atom. The summed E-state index contributed by atoms with van der Waals surface area (Å²) in [5, 5.41) is 28.7. The minimum absolute atomic E-state index is 0.0845. The molecule has 1 fully saturated rings. The molecule has 2 aromatic heterocycles. The summed E-state index contributed by atoms with van der Waals surface area (Å²) in [6.45, 7) is 0. The van der Waals surface area contributed by atoms with Crippen molar-refractivity contribution in [1.82, 2.24) is 20.0 Å². The molecule has 160 valence electrons. The van der Waals surface area contributed by atoms with E-state index in [1.54, 1.807) is 35.4 Å². The summed E-state index contributed by atoms with van der Waals surface area (Å²) in [5.74, 6) is -0.573. The molecule has 5 rings (SSSR count). The summed E-state index contributed by atoms with van der Waals surface area (Å²) in [7, 11) is 0. The zero-order valence-electron chi connectivity index (χ0n) is 17.6. The molecular weight excluding hydrogens is 414 g/mol. The number of fused-ring (bicyclic) bond motifs is 1. The molecule has 0 radical (unpaired) electrons. The van der Waals surface area contributed by atoms with Crippen LogP contribution in [0.3, 0.4) is 0 Å². The van der Waals surface area contributed by atoms with Crippen LogP contribution in [0.2, 0.25) is 0 Å². The van der Waals surface area contributed by atoms with Gasteiger partial charge in [0.2, 0.25) is 5.91 Å². The quantitative estimate of drug-likeness (QED) is 0.509. The molecule has 0 aliphatic heterocycles. The number of hydrogen-bond donors (Lipinski definition) is 1. The van der Waals surface area contributed by atoms with Crippen molar-refractivity contribution >= 4 is 16.8 Å². The highest BCUT2D eigenvalue weighted by atomic mass is 16.1. The van der Waals surface area contributed by atoms with Gasteiger partial charge >= 0.3 is 0 Å². The maximum atomic E-state index is 11.7. The van der Waals surface area contributed by atoms with Crippen LogP contribution in [-0.2, 0) is 5.54 Å². The third-order valence-electron chi connectivity index (χ3n) is 6.24. The standard InChI is InChI=1S/C25H19N7O/c26-7-6-25(12-16(13-25)14-27)32-30-15-23(31-32)21-10-19(11-22-20(21)5-2-8-29-22)17-3-1-4-18(9-17)24(28)33/h1-5,8-11,15-16H,6,12-13H2,(H2,28,33)/t16-,25-. The van der Waals surface area contributed by atoms with Gasteiger partial charge in [-0.25, -0.2) is 0 Å². The Morgan fingerprint density at radius 1 is 1.15 bits per heavy atom. The van der Waals surface area contributed by atoms with Crippen LogP contribution in [0.1, 0.15) is 29.6 Å². The Kier molecular flexibility index (Phi) is 4.84. The first-order valence-corrected chi connectivity index (χ1v) is 10.5. The maximum Gasteiger partial charge on any atom is 0.248 e. The number of carbonyl (C=O) groups excluding carboxylic acids is 1. The normalized spacial score (nSPS) is 19.4. The molecule has 1 amide bonds. The lowest BCUT2D eigenvalue weighted by Gasteiger charge is -2.42. The van der Waals surface area contributed by atoms with E-state index < -0.39 is 11.4 Å². The molecule has 1 aliphatic carbocycles. The largest absolute Gasteiger partial charge is 0.366 e. The van der Waals surface area contributed by atoms with Gasteiger partial charge in [-0.3, -0.25) is 9.78 Å². The highest BCUT2D eigenvalue weighted by Crippen LogP contribution is 2.45. The van der Waals surface area contributed by atoms with Gasteiger partial charge in [-0.2, -0.15) is 25.5 Å². The van der Waals surface area contributed by atoms with Crippen molar-refractivity contribution in [1.29, 1.82) is 10.5 Å². The third-order valence-corrected chi connectivity index (χ3v) is 6.24. The molecule has 0 bridgehead atoms. The fourth-order valence-electron chi connectivity index (χ4n) is 4.50. The third kappa shape index (κ3) is 3.48. The average molecular weight is 433 g/mol. The number of aromatic nitrogens is 4. The van der Waals surface area contributed by atoms with Gasteiger partial charge in [0.15, 0.2) is 0 Å². The number of pyridine rings is 1. The molecule has 2 aromatic carbocycles. The Balaban J connectivity index is 1.62. The summed E-state index contributed by atoms with van der Waals surface area (Å²) in [6, 6.07) is 19.4. The number of nitrogens with two attached hydrogens (primary N) is 1. The minimum Gasteiger partial charge on any atom is -0.366 e. The Labute approximate surface area is 189 Å². The van der Waals surface area contributed by atoms with Crippen molar-refractivity contribution in [3.63, 3.8) is 0 Å². The first-order chi connectivity index (χ1) is 16.0. The Hall–Kier alpha value is -4.56. The smallest absolute Gasteiger partial charge is 0.248 e. The first-order valence-electron chi connectivity index (χ1n) is 10.5. The second-order valence-electron chi connectivity index (χ2n) is 8.35. The number of nitriles is 2. The molecule has 33 heavy (non-hydrogen) atoms. The van der Waals surface area contributed by atoms with Crippen LogP contribution in [0, 0.1) is 28.6 Å². The summed E-state index contributed by atoms with van der Waals surface area (Å²) < 4.78 is 0. The van der Waals surface area contributed by atoms with Crippen LogP contribution < -0.4 is 5.73 Å². The van der Waals surface area contributed by atoms with Gasteiger partial charge in [0.1, 0.15) is 5.69 Å². The van der Waals surface area contributed by atoms with Crippen molar-refractivity contribution in [2.75, 3.05) is 0 Å². The van der Waals surface area contributed by atoms with E-state index in [0.717, 1.165) is 27.6 Å². The molecule has 0 atom stereocenters. The number of hydrogen-bond acceptors (Lipinski definition) is 6. The second kappa shape index (κ2) is 7.85. The molecule has 0 unspecified atom stereocenters. The number of carbonyl (C=O) groups is 1. The van der Waals surface area contributed by atoms with E-state index in [2.05, 4.69) is 22.2 Å². The molecule has 8 heteroatoms. The number of primary amides is 1. The summed E-state index contributed by atoms with van der Waals surface area (Å²) in [6.07, 6.45) is 4.79. The van der Waals surface area contributed by atoms with Crippen molar-refractivity contribution in [3.8, 4) is 34.5 Å². The lowest BCUT2D eigenvalue weighted by Crippen LogP contribution is -2.47. The van der Waals surface area contributed by atoms with E-state index in [0.29, 0.717) is 24.1 Å². The predicted molar refractivity (Wildman–Crippen MR) is 121 cm³/mol. The lowest BCUT2D eigenvalue weighted by molar-refractivity contribution is 0.0713. The van der Waals surface area contributed by atoms with Gasteiger partial charge in [0.05, 0.1) is 41.7 Å². The minimum atomic E-state index is -0.547. The second-order valence-corrected chi connectivity index (χ2v) is 8.35. The van der Waals surface area contributed by atoms with Crippen LogP contribution >= 0.6 is 0 Å². The average Bonchev–Trinajstić information content (AvgIpc) is 3.31. The van der Waals surface area contributed by atoms with Crippen LogP contribution in [0.4, 0.5) is 0 Å². The van der Waals surface area contributed by atoms with Crippen molar-refractivity contribution in [3.05, 3.63) is 66.5 Å². The van der Waals surface area contributed by atoms with Gasteiger partial charge in [0, 0.05) is 22.7 Å². The van der Waals surface area contributed by atoms with Crippen LogP contribution in [0.25, 0.3) is 33.3 Å². The predicted octanol–water partition coefficient (Wildman–Crippen LogP) is 3.80. The van der Waals surface area contributed by atoms with E-state index >= 15 is 0 Å². The Bertz CT molecular complexity index is 1470. The molecule has 1 saturated carbocycles. The van der Waals surface area contributed by atoms with Crippen molar-refractivity contribution < 1.29 is 4.79 Å². The number of amides is 1. The number of benzene rings is 2. The zero-order chi connectivity index (χ0) is 23.0. The van der Waals surface area contributed by atoms with E-state index in [4.69, 9.17) is 10.8 Å². The molecule has 4 aromatic rings. The first kappa shape index (κ1) is 20.3. The van der Waals surface area contributed by atoms with E-state index in [1.165, 1.54) is 0 Å². The zero-order valence-corrected chi connectivity index (χ0v) is 17.6. The summed E-state index contributed by atoms with van der Waals surface area (Å²) in [4.78, 5) is 17.8. The van der Waals surface area contributed by atoms with Gasteiger partial charge in [0.25, 0.3) is 0 Å². The topological polar surface area (TPSA) is 134 Å². The highest BCUT2D eigenvalue weighted by Gasteiger charge is 2.48. The summed E-state index contributed by atoms with van der Waals surface area (Å²) in [5.41, 5.74) is 9.33. The molecular formula is C25H19N7O. The lowest BCUT2D eigenvalue weighted by atomic mass is 9.68. The van der Waals surface area contributed by atoms with Gasteiger partial charge in [-0.15, -0.1) is 0 Å². The summed E-state index contributed by atoms with van der Waals surface area (Å²) >= 11 is 0. The van der Waals surface area contributed by atoms with Crippen LogP contribution in [0.15, 0.2) is 60.9 Å². The van der Waals surface area contributed by atoms with Crippen molar-refractivity contribution in [2.24, 2.45) is 11.7 Å². The molecule has 0 spiro atoms. The fourth-order valence-corrected chi connectivity index (χ4v) is 4.50. The molecule has 2 N–H and O–H groups in total. The molecule has 8 nitrogen and oxygen atoms in total. The molecule has 1 aliphatic rings. The van der Waals surface area contributed by atoms with Gasteiger partial charge < -0.3 is 5.73 Å². The van der Waals surface area contributed by atoms with E-state index in [9.17, 15) is 15.3 Å². The maximum absolute atomic E-state index is 11.7.